The van der Waals surface area contributed by atoms with Crippen LogP contribution in [0.1, 0.15) is 28.0 Å². The van der Waals surface area contributed by atoms with Gasteiger partial charge in [-0.3, -0.25) is 9.78 Å². The fourth-order valence-corrected chi connectivity index (χ4v) is 2.52. The van der Waals surface area contributed by atoms with Gasteiger partial charge in [0.25, 0.3) is 5.91 Å². The Hall–Kier alpha value is -3.53. The molecule has 0 bridgehead atoms. The molecule has 0 radical (unpaired) electrons. The zero-order valence-electron chi connectivity index (χ0n) is 14.4. The Morgan fingerprint density at radius 3 is 2.88 bits per heavy atom. The Kier molecular flexibility index (Phi) is 5.34. The number of fused-ring (bicyclic) bond motifs is 1. The second kappa shape index (κ2) is 8.03. The van der Waals surface area contributed by atoms with E-state index in [9.17, 15) is 10.1 Å². The third-order valence-corrected chi connectivity index (χ3v) is 3.82. The Bertz CT molecular complexity index is 965. The first-order valence-electron chi connectivity index (χ1n) is 8.27. The highest BCUT2D eigenvalue weighted by atomic mass is 16.1. The minimum absolute atomic E-state index is 0.255. The molecule has 0 unspecified atom stereocenters. The van der Waals surface area contributed by atoms with Crippen LogP contribution in [0.3, 0.4) is 0 Å². The third-order valence-electron chi connectivity index (χ3n) is 3.82. The highest BCUT2D eigenvalue weighted by molar-refractivity contribution is 5.91. The van der Waals surface area contributed by atoms with Crippen LogP contribution >= 0.6 is 0 Å². The highest BCUT2D eigenvalue weighted by Gasteiger charge is 2.08. The molecule has 3 aromatic rings. The van der Waals surface area contributed by atoms with Gasteiger partial charge in [0.2, 0.25) is 0 Å². The summed E-state index contributed by atoms with van der Waals surface area (Å²) in [5.74, 6) is 0.305. The molecule has 2 aromatic heterocycles. The predicted octanol–water partition coefficient (Wildman–Crippen LogP) is 2.44. The van der Waals surface area contributed by atoms with E-state index in [2.05, 4.69) is 31.7 Å². The second-order valence-electron chi connectivity index (χ2n) is 5.82. The summed E-state index contributed by atoms with van der Waals surface area (Å²) in [4.78, 5) is 24.2. The van der Waals surface area contributed by atoms with Crippen molar-refractivity contribution in [2.45, 2.75) is 13.3 Å². The molecule has 0 aliphatic carbocycles. The number of aryl methyl sites for hydroxylation is 1. The first kappa shape index (κ1) is 17.3. The lowest BCUT2D eigenvalue weighted by Crippen LogP contribution is -2.26. The highest BCUT2D eigenvalue weighted by Crippen LogP contribution is 2.21. The molecule has 0 aliphatic rings. The SMILES string of the molecule is Cc1ccc2nc(NCCCNC(=O)c3cnccn3)c(C#N)cc2c1. The number of hydrogen-bond acceptors (Lipinski definition) is 6. The quantitative estimate of drug-likeness (QED) is 0.664. The Labute approximate surface area is 151 Å². The van der Waals surface area contributed by atoms with Crippen molar-refractivity contribution in [1.82, 2.24) is 20.3 Å². The van der Waals surface area contributed by atoms with Crippen LogP contribution in [0, 0.1) is 18.3 Å². The summed E-state index contributed by atoms with van der Waals surface area (Å²) in [5.41, 5.74) is 2.77. The lowest BCUT2D eigenvalue weighted by Gasteiger charge is -2.10. The van der Waals surface area contributed by atoms with E-state index >= 15 is 0 Å². The number of nitriles is 1. The number of rotatable bonds is 6. The number of nitrogens with one attached hydrogen (secondary N) is 2. The van der Waals surface area contributed by atoms with Crippen molar-refractivity contribution in [2.75, 3.05) is 18.4 Å². The van der Waals surface area contributed by atoms with Gasteiger partial charge in [0.05, 0.1) is 17.3 Å². The Morgan fingerprint density at radius 2 is 2.12 bits per heavy atom. The van der Waals surface area contributed by atoms with Gasteiger partial charge < -0.3 is 10.6 Å². The van der Waals surface area contributed by atoms with Crippen molar-refractivity contribution in [1.29, 1.82) is 5.26 Å². The van der Waals surface area contributed by atoms with E-state index in [0.717, 1.165) is 16.5 Å². The maximum Gasteiger partial charge on any atom is 0.271 e. The molecule has 1 aromatic carbocycles. The second-order valence-corrected chi connectivity index (χ2v) is 5.82. The fraction of sp³-hybridized carbons (Fsp3) is 0.211. The number of carbonyl (C=O) groups is 1. The van der Waals surface area contributed by atoms with Gasteiger partial charge in [-0.25, -0.2) is 9.97 Å². The maximum atomic E-state index is 11.9. The largest absolute Gasteiger partial charge is 0.369 e. The summed E-state index contributed by atoms with van der Waals surface area (Å²) < 4.78 is 0. The first-order chi connectivity index (χ1) is 12.7. The molecule has 2 N–H and O–H groups in total. The lowest BCUT2D eigenvalue weighted by molar-refractivity contribution is 0.0948. The minimum Gasteiger partial charge on any atom is -0.369 e. The van der Waals surface area contributed by atoms with E-state index in [4.69, 9.17) is 0 Å². The van der Waals surface area contributed by atoms with Crippen LogP contribution in [0.4, 0.5) is 5.82 Å². The molecule has 0 saturated carbocycles. The molecule has 0 atom stereocenters. The van der Waals surface area contributed by atoms with Gasteiger partial charge in [0.1, 0.15) is 17.6 Å². The van der Waals surface area contributed by atoms with Crippen LogP contribution in [-0.4, -0.2) is 33.9 Å². The average molecular weight is 346 g/mol. The maximum absolute atomic E-state index is 11.9. The standard InChI is InChI=1S/C19H18N6O/c1-13-3-4-16-14(9-13)10-15(11-20)18(25-16)23-5-2-6-24-19(26)17-12-21-7-8-22-17/h3-4,7-10,12H,2,5-6H2,1H3,(H,23,25)(H,24,26). The molecule has 7 heteroatoms. The Morgan fingerprint density at radius 1 is 1.23 bits per heavy atom. The fourth-order valence-electron chi connectivity index (χ4n) is 2.52. The third kappa shape index (κ3) is 4.11. The van der Waals surface area contributed by atoms with Crippen LogP contribution in [0.5, 0.6) is 0 Å². The molecule has 3 rings (SSSR count). The molecule has 130 valence electrons. The van der Waals surface area contributed by atoms with Crippen LogP contribution in [0.25, 0.3) is 10.9 Å². The molecule has 0 spiro atoms. The van der Waals surface area contributed by atoms with Gasteiger partial charge in [-0.15, -0.1) is 0 Å². The number of anilines is 1. The summed E-state index contributed by atoms with van der Waals surface area (Å²) >= 11 is 0. The summed E-state index contributed by atoms with van der Waals surface area (Å²) in [7, 11) is 0. The minimum atomic E-state index is -0.255. The lowest BCUT2D eigenvalue weighted by atomic mass is 10.1. The molecular formula is C19H18N6O. The zero-order valence-corrected chi connectivity index (χ0v) is 14.4. The van der Waals surface area contributed by atoms with Gasteiger partial charge in [-0.1, -0.05) is 11.6 Å². The van der Waals surface area contributed by atoms with Crippen molar-refractivity contribution >= 4 is 22.6 Å². The average Bonchev–Trinajstić information content (AvgIpc) is 2.67. The topological polar surface area (TPSA) is 104 Å². The van der Waals surface area contributed by atoms with Crippen molar-refractivity contribution < 1.29 is 4.79 Å². The molecule has 0 aliphatic heterocycles. The zero-order chi connectivity index (χ0) is 18.4. The van der Waals surface area contributed by atoms with Crippen LogP contribution in [0.15, 0.2) is 42.9 Å². The van der Waals surface area contributed by atoms with E-state index < -0.39 is 0 Å². The smallest absolute Gasteiger partial charge is 0.271 e. The normalized spacial score (nSPS) is 10.3. The number of carbonyl (C=O) groups excluding carboxylic acids is 1. The van der Waals surface area contributed by atoms with E-state index in [0.29, 0.717) is 36.6 Å². The van der Waals surface area contributed by atoms with Crippen LogP contribution in [0.2, 0.25) is 0 Å². The van der Waals surface area contributed by atoms with E-state index in [1.54, 1.807) is 0 Å². The number of hydrogen-bond donors (Lipinski definition) is 2. The predicted molar refractivity (Wildman–Crippen MR) is 98.7 cm³/mol. The molecule has 7 nitrogen and oxygen atoms in total. The van der Waals surface area contributed by atoms with Gasteiger partial charge in [-0.2, -0.15) is 5.26 Å². The number of aromatic nitrogens is 3. The van der Waals surface area contributed by atoms with E-state index in [1.165, 1.54) is 18.6 Å². The number of amides is 1. The van der Waals surface area contributed by atoms with Gasteiger partial charge >= 0.3 is 0 Å². The van der Waals surface area contributed by atoms with Gasteiger partial charge in [-0.05, 0) is 31.5 Å². The molecule has 0 fully saturated rings. The summed E-state index contributed by atoms with van der Waals surface area (Å²) in [6.07, 6.45) is 5.11. The van der Waals surface area contributed by atoms with Crippen LogP contribution < -0.4 is 10.6 Å². The van der Waals surface area contributed by atoms with Crippen LogP contribution in [-0.2, 0) is 0 Å². The molecular weight excluding hydrogens is 328 g/mol. The molecule has 0 saturated heterocycles. The van der Waals surface area contributed by atoms with Crippen molar-refractivity contribution in [3.05, 3.63) is 59.7 Å². The molecule has 1 amide bonds. The van der Waals surface area contributed by atoms with Gasteiger partial charge in [0, 0.05) is 30.9 Å². The summed E-state index contributed by atoms with van der Waals surface area (Å²) in [6.45, 7) is 3.07. The van der Waals surface area contributed by atoms with Crippen molar-refractivity contribution in [2.24, 2.45) is 0 Å². The molecule has 26 heavy (non-hydrogen) atoms. The first-order valence-corrected chi connectivity index (χ1v) is 8.27. The van der Waals surface area contributed by atoms with E-state index in [1.807, 2.05) is 31.2 Å². The van der Waals surface area contributed by atoms with E-state index in [-0.39, 0.29) is 5.91 Å². The molecule has 2 heterocycles. The number of benzene rings is 1. The summed E-state index contributed by atoms with van der Waals surface area (Å²) in [6, 6.07) is 9.96. The number of nitrogens with zero attached hydrogens (tertiary/aromatic N) is 4. The summed E-state index contributed by atoms with van der Waals surface area (Å²) in [5, 5.41) is 16.3. The van der Waals surface area contributed by atoms with Gasteiger partial charge in [0.15, 0.2) is 0 Å². The number of pyridine rings is 1. The monoisotopic (exact) mass is 346 g/mol. The van der Waals surface area contributed by atoms with Crippen molar-refractivity contribution in [3.8, 4) is 6.07 Å². The van der Waals surface area contributed by atoms with Crippen molar-refractivity contribution in [3.63, 3.8) is 0 Å². The Balaban J connectivity index is 1.55.